The molecule has 0 fully saturated rings. The zero-order chi connectivity index (χ0) is 14.5. The standard InChI is InChI=1S/C17H14Cl2O/c1-2-4-16(13-5-3-6-15(19)11-13)17(20)12-7-9-14(18)10-8-12/h2-3,5-11,16H,1,4H2/t16-/m1/s1. The quantitative estimate of drug-likeness (QED) is 0.524. The highest BCUT2D eigenvalue weighted by atomic mass is 35.5. The Bertz CT molecular complexity index is 617. The normalized spacial score (nSPS) is 11.9. The summed E-state index contributed by atoms with van der Waals surface area (Å²) in [6.07, 6.45) is 2.32. The van der Waals surface area contributed by atoms with Crippen LogP contribution >= 0.6 is 23.2 Å². The molecule has 1 nitrogen and oxygen atoms in total. The lowest BCUT2D eigenvalue weighted by atomic mass is 9.88. The highest BCUT2D eigenvalue weighted by molar-refractivity contribution is 6.31. The number of Topliss-reactive ketones (excluding diaryl/α,β-unsaturated/α-hetero) is 1. The Morgan fingerprint density at radius 2 is 1.80 bits per heavy atom. The average molecular weight is 305 g/mol. The molecule has 0 N–H and O–H groups in total. The van der Waals surface area contributed by atoms with Crippen LogP contribution in [0.5, 0.6) is 0 Å². The minimum absolute atomic E-state index is 0.0452. The number of halogens is 2. The molecule has 0 heterocycles. The first kappa shape index (κ1) is 14.8. The van der Waals surface area contributed by atoms with Crippen molar-refractivity contribution >= 4 is 29.0 Å². The summed E-state index contributed by atoms with van der Waals surface area (Å²) in [5, 5.41) is 1.24. The summed E-state index contributed by atoms with van der Waals surface area (Å²) < 4.78 is 0. The lowest BCUT2D eigenvalue weighted by molar-refractivity contribution is 0.0960. The number of ketones is 1. The molecule has 0 aliphatic heterocycles. The van der Waals surface area contributed by atoms with E-state index < -0.39 is 0 Å². The molecule has 0 radical (unpaired) electrons. The van der Waals surface area contributed by atoms with Crippen molar-refractivity contribution in [2.75, 3.05) is 0 Å². The highest BCUT2D eigenvalue weighted by Gasteiger charge is 2.21. The summed E-state index contributed by atoms with van der Waals surface area (Å²) in [6, 6.07) is 14.3. The minimum Gasteiger partial charge on any atom is -0.293 e. The molecule has 20 heavy (non-hydrogen) atoms. The Hall–Kier alpha value is -1.57. The van der Waals surface area contributed by atoms with E-state index in [4.69, 9.17) is 23.2 Å². The van der Waals surface area contributed by atoms with E-state index in [1.165, 1.54) is 0 Å². The molecule has 0 aliphatic rings. The van der Waals surface area contributed by atoms with E-state index >= 15 is 0 Å². The second-order valence-corrected chi connectivity index (χ2v) is 5.38. The predicted molar refractivity (Wildman–Crippen MR) is 84.8 cm³/mol. The molecule has 0 amide bonds. The highest BCUT2D eigenvalue weighted by Crippen LogP contribution is 2.27. The van der Waals surface area contributed by atoms with E-state index in [1.54, 1.807) is 36.4 Å². The number of benzene rings is 2. The van der Waals surface area contributed by atoms with Crippen LogP contribution in [0, 0.1) is 0 Å². The van der Waals surface area contributed by atoms with Crippen molar-refractivity contribution in [1.82, 2.24) is 0 Å². The maximum atomic E-state index is 12.6. The van der Waals surface area contributed by atoms with Gasteiger partial charge in [-0.1, -0.05) is 41.4 Å². The molecular formula is C17H14Cl2O. The summed E-state index contributed by atoms with van der Waals surface area (Å²) >= 11 is 11.9. The van der Waals surface area contributed by atoms with Gasteiger partial charge in [0.1, 0.15) is 0 Å². The van der Waals surface area contributed by atoms with Crippen LogP contribution in [0.2, 0.25) is 10.0 Å². The Kier molecular flexibility index (Phi) is 4.99. The summed E-state index contributed by atoms with van der Waals surface area (Å²) in [5.74, 6) is -0.226. The van der Waals surface area contributed by atoms with Gasteiger partial charge in [0.05, 0.1) is 5.92 Å². The van der Waals surface area contributed by atoms with Gasteiger partial charge in [-0.05, 0) is 48.4 Å². The second kappa shape index (κ2) is 6.74. The summed E-state index contributed by atoms with van der Waals surface area (Å²) in [6.45, 7) is 3.73. The molecular weight excluding hydrogens is 291 g/mol. The molecule has 0 aromatic heterocycles. The molecule has 2 rings (SSSR count). The van der Waals surface area contributed by atoms with Gasteiger partial charge >= 0.3 is 0 Å². The van der Waals surface area contributed by atoms with Crippen LogP contribution in [0.25, 0.3) is 0 Å². The van der Waals surface area contributed by atoms with E-state index in [0.717, 1.165) is 5.56 Å². The second-order valence-electron chi connectivity index (χ2n) is 4.50. The van der Waals surface area contributed by atoms with Crippen LogP contribution < -0.4 is 0 Å². The molecule has 2 aromatic rings. The molecule has 0 spiro atoms. The Morgan fingerprint density at radius 1 is 1.10 bits per heavy atom. The summed E-state index contributed by atoms with van der Waals surface area (Å²) in [5.41, 5.74) is 1.54. The van der Waals surface area contributed by atoms with Gasteiger partial charge in [-0.15, -0.1) is 6.58 Å². The van der Waals surface area contributed by atoms with Crippen molar-refractivity contribution in [3.63, 3.8) is 0 Å². The summed E-state index contributed by atoms with van der Waals surface area (Å²) in [4.78, 5) is 12.6. The lowest BCUT2D eigenvalue weighted by Gasteiger charge is -2.15. The van der Waals surface area contributed by atoms with Gasteiger partial charge in [-0.3, -0.25) is 4.79 Å². The molecule has 0 saturated heterocycles. The van der Waals surface area contributed by atoms with Gasteiger partial charge in [0.2, 0.25) is 0 Å². The monoisotopic (exact) mass is 304 g/mol. The first-order chi connectivity index (χ1) is 9.61. The van der Waals surface area contributed by atoms with Gasteiger partial charge in [0.15, 0.2) is 5.78 Å². The number of allylic oxidation sites excluding steroid dienone is 1. The topological polar surface area (TPSA) is 17.1 Å². The van der Waals surface area contributed by atoms with Gasteiger partial charge in [0.25, 0.3) is 0 Å². The van der Waals surface area contributed by atoms with Crippen LogP contribution in [0.1, 0.15) is 28.3 Å². The van der Waals surface area contributed by atoms with Gasteiger partial charge in [-0.25, -0.2) is 0 Å². The third-order valence-electron chi connectivity index (χ3n) is 3.10. The number of hydrogen-bond donors (Lipinski definition) is 0. The van der Waals surface area contributed by atoms with Crippen LogP contribution in [-0.4, -0.2) is 5.78 Å². The molecule has 1 atom stereocenters. The Balaban J connectivity index is 2.35. The smallest absolute Gasteiger partial charge is 0.170 e. The van der Waals surface area contributed by atoms with E-state index in [0.29, 0.717) is 22.0 Å². The molecule has 0 aliphatic carbocycles. The summed E-state index contributed by atoms with van der Waals surface area (Å²) in [7, 11) is 0. The Morgan fingerprint density at radius 3 is 2.40 bits per heavy atom. The van der Waals surface area contributed by atoms with Crippen molar-refractivity contribution in [3.8, 4) is 0 Å². The maximum Gasteiger partial charge on any atom is 0.170 e. The zero-order valence-electron chi connectivity index (χ0n) is 10.9. The van der Waals surface area contributed by atoms with Crippen molar-refractivity contribution in [2.24, 2.45) is 0 Å². The van der Waals surface area contributed by atoms with Crippen molar-refractivity contribution < 1.29 is 4.79 Å². The van der Waals surface area contributed by atoms with E-state index in [2.05, 4.69) is 6.58 Å². The third-order valence-corrected chi connectivity index (χ3v) is 3.59. The largest absolute Gasteiger partial charge is 0.293 e. The van der Waals surface area contributed by atoms with Crippen molar-refractivity contribution in [1.29, 1.82) is 0 Å². The van der Waals surface area contributed by atoms with E-state index in [1.807, 2.05) is 18.2 Å². The molecule has 102 valence electrons. The van der Waals surface area contributed by atoms with Gasteiger partial charge < -0.3 is 0 Å². The maximum absolute atomic E-state index is 12.6. The van der Waals surface area contributed by atoms with Gasteiger partial charge in [0, 0.05) is 15.6 Å². The molecule has 0 bridgehead atoms. The molecule has 3 heteroatoms. The van der Waals surface area contributed by atoms with Crippen molar-refractivity contribution in [3.05, 3.63) is 82.4 Å². The van der Waals surface area contributed by atoms with Crippen LogP contribution in [0.4, 0.5) is 0 Å². The van der Waals surface area contributed by atoms with Crippen LogP contribution in [0.15, 0.2) is 61.2 Å². The molecule has 0 saturated carbocycles. The molecule has 0 unspecified atom stereocenters. The van der Waals surface area contributed by atoms with E-state index in [9.17, 15) is 4.79 Å². The van der Waals surface area contributed by atoms with Crippen molar-refractivity contribution in [2.45, 2.75) is 12.3 Å². The number of carbonyl (C=O) groups excluding carboxylic acids is 1. The van der Waals surface area contributed by atoms with E-state index in [-0.39, 0.29) is 11.7 Å². The fourth-order valence-electron chi connectivity index (χ4n) is 2.10. The average Bonchev–Trinajstić information content (AvgIpc) is 2.45. The fraction of sp³-hybridized carbons (Fsp3) is 0.118. The first-order valence-corrected chi connectivity index (χ1v) is 7.03. The van der Waals surface area contributed by atoms with Gasteiger partial charge in [-0.2, -0.15) is 0 Å². The fourth-order valence-corrected chi connectivity index (χ4v) is 2.42. The van der Waals surface area contributed by atoms with Crippen LogP contribution in [-0.2, 0) is 0 Å². The first-order valence-electron chi connectivity index (χ1n) is 6.28. The zero-order valence-corrected chi connectivity index (χ0v) is 12.4. The lowest BCUT2D eigenvalue weighted by Crippen LogP contribution is -2.12. The third kappa shape index (κ3) is 3.50. The number of hydrogen-bond acceptors (Lipinski definition) is 1. The predicted octanol–water partition coefficient (Wildman–Crippen LogP) is 5.54. The van der Waals surface area contributed by atoms with Crippen LogP contribution in [0.3, 0.4) is 0 Å². The molecule has 2 aromatic carbocycles. The SMILES string of the molecule is C=CC[C@@H](C(=O)c1ccc(Cl)cc1)c1cccc(Cl)c1. The Labute approximate surface area is 128 Å². The number of rotatable bonds is 5. The number of carbonyl (C=O) groups is 1. The minimum atomic E-state index is -0.271.